The van der Waals surface area contributed by atoms with E-state index in [1.807, 2.05) is 25.3 Å². The number of nitrogens with one attached hydrogen (secondary N) is 1. The first kappa shape index (κ1) is 21.8. The highest BCUT2D eigenvalue weighted by atomic mass is 32.1. The van der Waals surface area contributed by atoms with Crippen molar-refractivity contribution in [3.63, 3.8) is 0 Å². The molecule has 0 spiro atoms. The number of ether oxygens (including phenoxy) is 2. The number of aromatic nitrogens is 3. The summed E-state index contributed by atoms with van der Waals surface area (Å²) in [7, 11) is 3.11. The van der Waals surface area contributed by atoms with Crippen molar-refractivity contribution in [3.05, 3.63) is 33.8 Å². The van der Waals surface area contributed by atoms with Gasteiger partial charge in [-0.05, 0) is 48.8 Å². The number of methoxy groups -OCH3 is 1. The van der Waals surface area contributed by atoms with Crippen LogP contribution in [0.15, 0.2) is 11.4 Å². The summed E-state index contributed by atoms with van der Waals surface area (Å²) in [6.45, 7) is 7.77. The molecule has 3 aromatic heterocycles. The number of nitrogens with zero attached hydrogens (tertiary/aromatic N) is 3. The number of esters is 1. The van der Waals surface area contributed by atoms with Gasteiger partial charge in [0, 0.05) is 12.7 Å². The van der Waals surface area contributed by atoms with Crippen LogP contribution in [0.5, 0.6) is 5.88 Å². The molecule has 0 fully saturated rings. The average Bonchev–Trinajstić information content (AvgIpc) is 3.20. The third-order valence-electron chi connectivity index (χ3n) is 4.56. The maximum Gasteiger partial charge on any atom is 0.341 e. The quantitative estimate of drug-likeness (QED) is 0.575. The number of thiophene rings is 1. The molecule has 0 atom stereocenters. The highest BCUT2D eigenvalue weighted by Gasteiger charge is 2.22. The standard InChI is InChI=1S/C21H26N4O4S/c1-11(2)7-14-10-30-20(17(14)21(27)28-6)23-15(26)9-29-19-16-12(3)8-13(4)22-18(16)25(5)24-19/h8,10-11H,7,9H2,1-6H3,(H,23,26). The number of hydrogen-bond acceptors (Lipinski definition) is 7. The molecule has 0 radical (unpaired) electrons. The zero-order valence-electron chi connectivity index (χ0n) is 18.0. The lowest BCUT2D eigenvalue weighted by atomic mass is 10.0. The molecule has 0 saturated heterocycles. The van der Waals surface area contributed by atoms with E-state index in [0.29, 0.717) is 28.0 Å². The first-order chi connectivity index (χ1) is 14.2. The fourth-order valence-electron chi connectivity index (χ4n) is 3.35. The molecule has 1 N–H and O–H groups in total. The van der Waals surface area contributed by atoms with Crippen molar-refractivity contribution in [1.29, 1.82) is 0 Å². The van der Waals surface area contributed by atoms with Crippen LogP contribution in [-0.4, -0.2) is 40.4 Å². The Balaban J connectivity index is 1.77. The van der Waals surface area contributed by atoms with Crippen LogP contribution in [0.25, 0.3) is 11.0 Å². The maximum atomic E-state index is 12.5. The summed E-state index contributed by atoms with van der Waals surface area (Å²) in [5, 5.41) is 10.2. The second-order valence-electron chi connectivity index (χ2n) is 7.60. The van der Waals surface area contributed by atoms with Crippen LogP contribution in [0, 0.1) is 19.8 Å². The minimum Gasteiger partial charge on any atom is -0.466 e. The predicted octanol–water partition coefficient (Wildman–Crippen LogP) is 3.65. The van der Waals surface area contributed by atoms with Crippen molar-refractivity contribution < 1.29 is 19.1 Å². The monoisotopic (exact) mass is 430 g/mol. The third-order valence-corrected chi connectivity index (χ3v) is 5.51. The van der Waals surface area contributed by atoms with Crippen LogP contribution in [0.1, 0.15) is 41.0 Å². The van der Waals surface area contributed by atoms with Gasteiger partial charge in [-0.15, -0.1) is 16.4 Å². The largest absolute Gasteiger partial charge is 0.466 e. The highest BCUT2D eigenvalue weighted by Crippen LogP contribution is 2.31. The first-order valence-electron chi connectivity index (χ1n) is 9.63. The summed E-state index contributed by atoms with van der Waals surface area (Å²) < 4.78 is 12.2. The van der Waals surface area contributed by atoms with Crippen LogP contribution in [0.2, 0.25) is 0 Å². The van der Waals surface area contributed by atoms with Gasteiger partial charge in [0.25, 0.3) is 5.91 Å². The fourth-order valence-corrected chi connectivity index (χ4v) is 4.33. The number of aryl methyl sites for hydroxylation is 3. The van der Waals surface area contributed by atoms with Crippen molar-refractivity contribution in [2.75, 3.05) is 19.0 Å². The van der Waals surface area contributed by atoms with Gasteiger partial charge in [0.1, 0.15) is 5.00 Å². The summed E-state index contributed by atoms with van der Waals surface area (Å²) in [4.78, 5) is 29.3. The summed E-state index contributed by atoms with van der Waals surface area (Å²) in [5.74, 6) is -0.120. The van der Waals surface area contributed by atoms with Crippen LogP contribution in [-0.2, 0) is 23.0 Å². The van der Waals surface area contributed by atoms with Gasteiger partial charge in [-0.25, -0.2) is 14.5 Å². The van der Waals surface area contributed by atoms with Gasteiger partial charge >= 0.3 is 5.97 Å². The SMILES string of the molecule is COC(=O)c1c(CC(C)C)csc1NC(=O)COc1nn(C)c2nc(C)cc(C)c12. The molecule has 0 aromatic carbocycles. The topological polar surface area (TPSA) is 95.3 Å². The highest BCUT2D eigenvalue weighted by molar-refractivity contribution is 7.15. The Hall–Kier alpha value is -2.94. The molecule has 0 aliphatic carbocycles. The molecule has 0 aliphatic heterocycles. The van der Waals surface area contributed by atoms with Gasteiger partial charge < -0.3 is 14.8 Å². The van der Waals surface area contributed by atoms with Crippen molar-refractivity contribution in [2.45, 2.75) is 34.1 Å². The normalized spacial score (nSPS) is 11.2. The number of rotatable bonds is 7. The number of carbonyl (C=O) groups is 2. The summed E-state index contributed by atoms with van der Waals surface area (Å²) in [6.07, 6.45) is 0.721. The average molecular weight is 431 g/mol. The van der Waals surface area contributed by atoms with E-state index in [0.717, 1.165) is 28.6 Å². The summed E-state index contributed by atoms with van der Waals surface area (Å²) >= 11 is 1.30. The van der Waals surface area contributed by atoms with Crippen molar-refractivity contribution in [2.24, 2.45) is 13.0 Å². The molecule has 0 bridgehead atoms. The molecule has 3 rings (SSSR count). The second kappa shape index (κ2) is 8.83. The minimum absolute atomic E-state index is 0.239. The van der Waals surface area contributed by atoms with Crippen molar-refractivity contribution in [1.82, 2.24) is 14.8 Å². The van der Waals surface area contributed by atoms with Gasteiger partial charge in [-0.3, -0.25) is 4.79 Å². The summed E-state index contributed by atoms with van der Waals surface area (Å²) in [6, 6.07) is 1.95. The molecular weight excluding hydrogens is 404 g/mol. The lowest BCUT2D eigenvalue weighted by Crippen LogP contribution is -2.21. The van der Waals surface area contributed by atoms with Crippen molar-refractivity contribution in [3.8, 4) is 5.88 Å². The van der Waals surface area contributed by atoms with E-state index in [-0.39, 0.29) is 12.5 Å². The molecule has 9 heteroatoms. The lowest BCUT2D eigenvalue weighted by Gasteiger charge is -2.09. The fraction of sp³-hybridized carbons (Fsp3) is 0.429. The van der Waals surface area contributed by atoms with E-state index in [1.165, 1.54) is 18.4 Å². The molecule has 1 amide bonds. The molecule has 0 unspecified atom stereocenters. The van der Waals surface area contributed by atoms with E-state index >= 15 is 0 Å². The molecule has 3 aromatic rings. The van der Waals surface area contributed by atoms with Crippen molar-refractivity contribution >= 4 is 39.2 Å². The Morgan fingerprint density at radius 3 is 2.70 bits per heavy atom. The van der Waals surface area contributed by atoms with E-state index in [2.05, 4.69) is 29.2 Å². The smallest absolute Gasteiger partial charge is 0.341 e. The molecule has 160 valence electrons. The number of pyridine rings is 1. The van der Waals surface area contributed by atoms with Crippen LogP contribution in [0.4, 0.5) is 5.00 Å². The minimum atomic E-state index is -0.462. The zero-order chi connectivity index (χ0) is 22.0. The number of anilines is 1. The number of fused-ring (bicyclic) bond motifs is 1. The maximum absolute atomic E-state index is 12.5. The number of amides is 1. The number of carbonyl (C=O) groups excluding carboxylic acids is 2. The molecule has 0 saturated carbocycles. The van der Waals surface area contributed by atoms with Gasteiger partial charge in [-0.2, -0.15) is 0 Å². The van der Waals surface area contributed by atoms with Gasteiger partial charge in [0.2, 0.25) is 5.88 Å². The Morgan fingerprint density at radius 1 is 1.30 bits per heavy atom. The van der Waals surface area contributed by atoms with Crippen LogP contribution < -0.4 is 10.1 Å². The molecule has 0 aliphatic rings. The Labute approximate surface area is 179 Å². The van der Waals surface area contributed by atoms with Crippen LogP contribution in [0.3, 0.4) is 0 Å². The van der Waals surface area contributed by atoms with E-state index < -0.39 is 5.97 Å². The van der Waals surface area contributed by atoms with Gasteiger partial charge in [-0.1, -0.05) is 13.8 Å². The van der Waals surface area contributed by atoms with Crippen LogP contribution >= 0.6 is 11.3 Å². The molecule has 30 heavy (non-hydrogen) atoms. The third kappa shape index (κ3) is 4.46. The van der Waals surface area contributed by atoms with Gasteiger partial charge in [0.05, 0.1) is 18.1 Å². The molecule has 3 heterocycles. The Bertz CT molecular complexity index is 1100. The lowest BCUT2D eigenvalue weighted by molar-refractivity contribution is -0.118. The second-order valence-corrected chi connectivity index (χ2v) is 8.48. The predicted molar refractivity (Wildman–Crippen MR) is 116 cm³/mol. The van der Waals surface area contributed by atoms with E-state index in [1.54, 1.807) is 11.7 Å². The Kier molecular flexibility index (Phi) is 6.40. The molecular formula is C21H26N4O4S. The first-order valence-corrected chi connectivity index (χ1v) is 10.5. The molecule has 8 nitrogen and oxygen atoms in total. The summed E-state index contributed by atoms with van der Waals surface area (Å²) in [5.41, 5.74) is 3.84. The van der Waals surface area contributed by atoms with E-state index in [9.17, 15) is 9.59 Å². The van der Waals surface area contributed by atoms with Gasteiger partial charge in [0.15, 0.2) is 12.3 Å². The zero-order valence-corrected chi connectivity index (χ0v) is 18.8. The Morgan fingerprint density at radius 2 is 2.03 bits per heavy atom. The van der Waals surface area contributed by atoms with E-state index in [4.69, 9.17) is 9.47 Å². The number of hydrogen-bond donors (Lipinski definition) is 1.